The molecule has 1 aliphatic rings. The van der Waals surface area contributed by atoms with Gasteiger partial charge in [-0.1, -0.05) is 19.1 Å². The number of hydrogen-bond acceptors (Lipinski definition) is 4. The lowest BCUT2D eigenvalue weighted by molar-refractivity contribution is -0.384. The Morgan fingerprint density at radius 3 is 2.61 bits per heavy atom. The lowest BCUT2D eigenvalue weighted by Crippen LogP contribution is -2.53. The second kappa shape index (κ2) is 7.87. The third kappa shape index (κ3) is 4.63. The van der Waals surface area contributed by atoms with Gasteiger partial charge in [-0.15, -0.1) is 0 Å². The van der Waals surface area contributed by atoms with Crippen molar-refractivity contribution in [3.05, 3.63) is 46.0 Å². The molecule has 1 unspecified atom stereocenters. The Morgan fingerprint density at radius 2 is 2.04 bits per heavy atom. The average molecular weight is 317 g/mol. The molecule has 1 aliphatic heterocycles. The van der Waals surface area contributed by atoms with Gasteiger partial charge in [-0.2, -0.15) is 0 Å². The maximum Gasteiger partial charge on any atom is 0.269 e. The Labute approximate surface area is 136 Å². The molecule has 0 bridgehead atoms. The van der Waals surface area contributed by atoms with E-state index in [1.54, 1.807) is 12.1 Å². The fourth-order valence-corrected chi connectivity index (χ4v) is 2.75. The molecule has 0 aliphatic carbocycles. The van der Waals surface area contributed by atoms with Crippen LogP contribution in [0, 0.1) is 10.1 Å². The standard InChI is InChI=1S/C17H23N3O3/c1-3-17(21)19-12-11-18(14(2)13-19)10-4-5-15-6-8-16(9-7-15)20(22)23/h4-9,14H,3,10-13H2,1-2H3/b5-4+. The van der Waals surface area contributed by atoms with Crippen LogP contribution in [-0.2, 0) is 4.79 Å². The molecule has 1 aromatic rings. The van der Waals surface area contributed by atoms with Crippen molar-refractivity contribution in [1.29, 1.82) is 0 Å². The number of piperazine rings is 1. The Morgan fingerprint density at radius 1 is 1.35 bits per heavy atom. The summed E-state index contributed by atoms with van der Waals surface area (Å²) in [4.78, 5) is 26.2. The van der Waals surface area contributed by atoms with Crippen molar-refractivity contribution < 1.29 is 9.72 Å². The average Bonchev–Trinajstić information content (AvgIpc) is 2.56. The zero-order valence-electron chi connectivity index (χ0n) is 13.6. The molecular weight excluding hydrogens is 294 g/mol. The van der Waals surface area contributed by atoms with Crippen LogP contribution in [0.1, 0.15) is 25.8 Å². The van der Waals surface area contributed by atoms with Crippen LogP contribution in [0.15, 0.2) is 30.3 Å². The van der Waals surface area contributed by atoms with Crippen LogP contribution < -0.4 is 0 Å². The smallest absolute Gasteiger partial charge is 0.269 e. The zero-order valence-corrected chi connectivity index (χ0v) is 13.6. The van der Waals surface area contributed by atoms with Crippen LogP contribution in [0.5, 0.6) is 0 Å². The van der Waals surface area contributed by atoms with Crippen molar-refractivity contribution in [1.82, 2.24) is 9.80 Å². The number of hydrogen-bond donors (Lipinski definition) is 0. The minimum Gasteiger partial charge on any atom is -0.340 e. The summed E-state index contributed by atoms with van der Waals surface area (Å²) in [5.41, 5.74) is 1.05. The minimum absolute atomic E-state index is 0.104. The Balaban J connectivity index is 1.86. The van der Waals surface area contributed by atoms with Crippen molar-refractivity contribution in [2.45, 2.75) is 26.3 Å². The summed E-state index contributed by atoms with van der Waals surface area (Å²) in [6.45, 7) is 7.27. The topological polar surface area (TPSA) is 66.7 Å². The predicted octanol–water partition coefficient (Wildman–Crippen LogP) is 2.55. The lowest BCUT2D eigenvalue weighted by atomic mass is 10.1. The maximum absolute atomic E-state index is 11.7. The third-order valence-corrected chi connectivity index (χ3v) is 4.17. The molecule has 6 nitrogen and oxygen atoms in total. The number of nitro benzene ring substituents is 1. The van der Waals surface area contributed by atoms with Gasteiger partial charge < -0.3 is 4.90 Å². The number of nitrogens with zero attached hydrogens (tertiary/aromatic N) is 3. The van der Waals surface area contributed by atoms with E-state index >= 15 is 0 Å². The zero-order chi connectivity index (χ0) is 16.8. The van der Waals surface area contributed by atoms with Gasteiger partial charge in [-0.3, -0.25) is 19.8 Å². The predicted molar refractivity (Wildman–Crippen MR) is 90.0 cm³/mol. The minimum atomic E-state index is -0.397. The fraction of sp³-hybridized carbons (Fsp3) is 0.471. The fourth-order valence-electron chi connectivity index (χ4n) is 2.75. The van der Waals surface area contributed by atoms with E-state index in [0.717, 1.165) is 31.7 Å². The van der Waals surface area contributed by atoms with E-state index in [9.17, 15) is 14.9 Å². The van der Waals surface area contributed by atoms with Gasteiger partial charge in [0.25, 0.3) is 5.69 Å². The van der Waals surface area contributed by atoms with Gasteiger partial charge in [0.2, 0.25) is 5.91 Å². The molecule has 0 saturated carbocycles. The molecule has 1 amide bonds. The van der Waals surface area contributed by atoms with Gasteiger partial charge in [-0.25, -0.2) is 0 Å². The van der Waals surface area contributed by atoms with E-state index in [2.05, 4.69) is 17.9 Å². The highest BCUT2D eigenvalue weighted by Gasteiger charge is 2.24. The summed E-state index contributed by atoms with van der Waals surface area (Å²) in [5.74, 6) is 0.220. The van der Waals surface area contributed by atoms with E-state index in [0.29, 0.717) is 12.5 Å². The number of non-ortho nitro benzene ring substituents is 1. The molecule has 0 radical (unpaired) electrons. The molecule has 0 spiro atoms. The first kappa shape index (κ1) is 17.1. The summed E-state index contributed by atoms with van der Waals surface area (Å²) in [6.07, 6.45) is 4.60. The van der Waals surface area contributed by atoms with E-state index < -0.39 is 4.92 Å². The molecule has 1 fully saturated rings. The SMILES string of the molecule is CCC(=O)N1CCN(C/C=C/c2ccc([N+](=O)[O-])cc2)C(C)C1. The Kier molecular flexibility index (Phi) is 5.87. The van der Waals surface area contributed by atoms with Crippen LogP contribution in [0.3, 0.4) is 0 Å². The molecule has 23 heavy (non-hydrogen) atoms. The number of amides is 1. The highest BCUT2D eigenvalue weighted by atomic mass is 16.6. The van der Waals surface area contributed by atoms with Crippen molar-refractivity contribution in [2.24, 2.45) is 0 Å². The molecule has 1 heterocycles. The lowest BCUT2D eigenvalue weighted by Gasteiger charge is -2.39. The first-order valence-corrected chi connectivity index (χ1v) is 7.94. The van der Waals surface area contributed by atoms with Gasteiger partial charge in [-0.05, 0) is 24.6 Å². The summed E-state index contributed by atoms with van der Waals surface area (Å²) < 4.78 is 0. The van der Waals surface area contributed by atoms with Crippen LogP contribution in [-0.4, -0.2) is 52.9 Å². The number of carbonyl (C=O) groups excluding carboxylic acids is 1. The summed E-state index contributed by atoms with van der Waals surface area (Å²) in [6, 6.07) is 6.85. The number of nitro groups is 1. The van der Waals surface area contributed by atoms with Gasteiger partial charge in [0.15, 0.2) is 0 Å². The third-order valence-electron chi connectivity index (χ3n) is 4.17. The molecule has 1 atom stereocenters. The number of rotatable bonds is 5. The van der Waals surface area contributed by atoms with Crippen molar-refractivity contribution in [2.75, 3.05) is 26.2 Å². The summed E-state index contributed by atoms with van der Waals surface area (Å²) in [7, 11) is 0. The quantitative estimate of drug-likeness (QED) is 0.618. The number of carbonyl (C=O) groups is 1. The monoisotopic (exact) mass is 317 g/mol. The van der Waals surface area contributed by atoms with Crippen LogP contribution in [0.25, 0.3) is 6.08 Å². The molecule has 6 heteroatoms. The van der Waals surface area contributed by atoms with Crippen molar-refractivity contribution in [3.63, 3.8) is 0 Å². The highest BCUT2D eigenvalue weighted by Crippen LogP contribution is 2.14. The molecular formula is C17H23N3O3. The first-order chi connectivity index (χ1) is 11.0. The molecule has 2 rings (SSSR count). The molecule has 0 aromatic heterocycles. The van der Waals surface area contributed by atoms with Crippen LogP contribution in [0.4, 0.5) is 5.69 Å². The van der Waals surface area contributed by atoms with Crippen LogP contribution >= 0.6 is 0 Å². The van der Waals surface area contributed by atoms with E-state index in [4.69, 9.17) is 0 Å². The first-order valence-electron chi connectivity index (χ1n) is 7.94. The van der Waals surface area contributed by atoms with E-state index in [-0.39, 0.29) is 11.6 Å². The van der Waals surface area contributed by atoms with Crippen LogP contribution in [0.2, 0.25) is 0 Å². The second-order valence-electron chi connectivity index (χ2n) is 5.79. The van der Waals surface area contributed by atoms with Gasteiger partial charge in [0.05, 0.1) is 4.92 Å². The Bertz CT molecular complexity index is 583. The van der Waals surface area contributed by atoms with E-state index in [1.807, 2.05) is 17.9 Å². The Hall–Kier alpha value is -2.21. The maximum atomic E-state index is 11.7. The van der Waals surface area contributed by atoms with Gasteiger partial charge in [0.1, 0.15) is 0 Å². The van der Waals surface area contributed by atoms with Crippen molar-refractivity contribution in [3.8, 4) is 0 Å². The molecule has 0 N–H and O–H groups in total. The van der Waals surface area contributed by atoms with Crippen molar-refractivity contribution >= 4 is 17.7 Å². The molecule has 1 saturated heterocycles. The molecule has 124 valence electrons. The molecule has 1 aromatic carbocycles. The van der Waals surface area contributed by atoms with E-state index in [1.165, 1.54) is 12.1 Å². The normalized spacial score (nSPS) is 19.2. The largest absolute Gasteiger partial charge is 0.340 e. The summed E-state index contributed by atoms with van der Waals surface area (Å²) >= 11 is 0. The highest BCUT2D eigenvalue weighted by molar-refractivity contribution is 5.75. The van der Waals surface area contributed by atoms with Gasteiger partial charge >= 0.3 is 0 Å². The second-order valence-corrected chi connectivity index (χ2v) is 5.79. The van der Waals surface area contributed by atoms with Gasteiger partial charge in [0, 0.05) is 50.8 Å². The summed E-state index contributed by atoms with van der Waals surface area (Å²) in [5, 5.41) is 10.6. The number of benzene rings is 1.